The van der Waals surface area contributed by atoms with Gasteiger partial charge in [-0.3, -0.25) is 0 Å². The topological polar surface area (TPSA) is 20.2 Å². The predicted molar refractivity (Wildman–Crippen MR) is 85.6 cm³/mol. The molecule has 1 N–H and O–H groups in total. The molecule has 0 bridgehead atoms. The molecule has 0 unspecified atom stereocenters. The molecule has 0 saturated heterocycles. The highest BCUT2D eigenvalue weighted by molar-refractivity contribution is 6.18. The van der Waals surface area contributed by atoms with E-state index in [0.29, 0.717) is 0 Å². The van der Waals surface area contributed by atoms with Crippen LogP contribution in [0.5, 0.6) is 0 Å². The zero-order chi connectivity index (χ0) is 13.9. The second-order valence-electron chi connectivity index (χ2n) is 6.03. The van der Waals surface area contributed by atoms with Gasteiger partial charge in [-0.05, 0) is 64.2 Å². The monoisotopic (exact) mass is 260 g/mol. The molecule has 1 nitrogen and oxygen atoms in total. The van der Waals surface area contributed by atoms with Crippen molar-refractivity contribution < 1.29 is 5.11 Å². The van der Waals surface area contributed by atoms with Crippen LogP contribution in [-0.4, -0.2) is 10.7 Å². The molecule has 0 saturated carbocycles. The lowest BCUT2D eigenvalue weighted by Crippen LogP contribution is -2.19. The van der Waals surface area contributed by atoms with Crippen molar-refractivity contribution in [1.82, 2.24) is 0 Å². The van der Waals surface area contributed by atoms with Gasteiger partial charge in [0.15, 0.2) is 0 Å². The number of hydrogen-bond acceptors (Lipinski definition) is 1. The average Bonchev–Trinajstić information content (AvgIpc) is 2.81. The first-order chi connectivity index (χ1) is 9.55. The smallest absolute Gasteiger partial charge is 0.0846 e. The Balaban J connectivity index is 2.22. The first kappa shape index (κ1) is 11.7. The van der Waals surface area contributed by atoms with E-state index in [1.807, 2.05) is 13.8 Å². The van der Waals surface area contributed by atoms with E-state index >= 15 is 0 Å². The maximum Gasteiger partial charge on any atom is 0.0846 e. The van der Waals surface area contributed by atoms with E-state index in [1.54, 1.807) is 0 Å². The van der Waals surface area contributed by atoms with Crippen LogP contribution in [0.25, 0.3) is 33.2 Å². The van der Waals surface area contributed by atoms with Crippen molar-refractivity contribution in [2.24, 2.45) is 0 Å². The molecule has 0 aromatic heterocycles. The maximum atomic E-state index is 10.4. The first-order valence-corrected chi connectivity index (χ1v) is 6.95. The Morgan fingerprint density at radius 2 is 1.65 bits per heavy atom. The minimum absolute atomic E-state index is 0.825. The first-order valence-electron chi connectivity index (χ1n) is 6.95. The van der Waals surface area contributed by atoms with E-state index < -0.39 is 5.60 Å². The lowest BCUT2D eigenvalue weighted by atomic mass is 9.92. The van der Waals surface area contributed by atoms with Gasteiger partial charge in [0.25, 0.3) is 0 Å². The quantitative estimate of drug-likeness (QED) is 0.633. The Morgan fingerprint density at radius 1 is 0.900 bits per heavy atom. The van der Waals surface area contributed by atoms with Gasteiger partial charge in [-0.25, -0.2) is 0 Å². The summed E-state index contributed by atoms with van der Waals surface area (Å²) < 4.78 is 0. The van der Waals surface area contributed by atoms with Crippen molar-refractivity contribution in [3.8, 4) is 0 Å². The van der Waals surface area contributed by atoms with E-state index in [2.05, 4.69) is 54.6 Å². The van der Waals surface area contributed by atoms with Crippen LogP contribution in [0.3, 0.4) is 0 Å². The van der Waals surface area contributed by atoms with Gasteiger partial charge in [0, 0.05) is 0 Å². The molecule has 1 aliphatic rings. The van der Waals surface area contributed by atoms with Crippen molar-refractivity contribution in [2.45, 2.75) is 19.4 Å². The summed E-state index contributed by atoms with van der Waals surface area (Å²) in [5, 5.41) is 15.5. The molecule has 3 aromatic rings. The molecular weight excluding hydrogens is 244 g/mol. The van der Waals surface area contributed by atoms with Crippen LogP contribution < -0.4 is 0 Å². The Labute approximate surface area is 118 Å². The van der Waals surface area contributed by atoms with Crippen LogP contribution in [0.15, 0.2) is 48.5 Å². The number of rotatable bonds is 1. The fraction of sp³-hybridized carbons (Fsp3) is 0.158. The minimum atomic E-state index is -0.825. The standard InChI is InChI=1S/C19H16O/c1-19(2,20)17-11-16-14-8-4-3-6-12(14)10-13-7-5-9-15(17)18(13)16/h3-11,20H,1-2H3. The second kappa shape index (κ2) is 3.71. The summed E-state index contributed by atoms with van der Waals surface area (Å²) in [6.45, 7) is 3.71. The van der Waals surface area contributed by atoms with Gasteiger partial charge < -0.3 is 5.11 Å². The summed E-state index contributed by atoms with van der Waals surface area (Å²) in [6, 6.07) is 17.0. The molecular formula is C19H16O. The van der Waals surface area contributed by atoms with Crippen LogP contribution in [0, 0.1) is 0 Å². The zero-order valence-corrected chi connectivity index (χ0v) is 11.6. The third-order valence-electron chi connectivity index (χ3n) is 4.17. The lowest BCUT2D eigenvalue weighted by Gasteiger charge is -2.20. The molecule has 98 valence electrons. The summed E-state index contributed by atoms with van der Waals surface area (Å²) >= 11 is 0. The molecule has 1 heteroatoms. The summed E-state index contributed by atoms with van der Waals surface area (Å²) in [4.78, 5) is 0. The number of hydrogen-bond donors (Lipinski definition) is 1. The number of aliphatic hydroxyl groups is 1. The van der Waals surface area contributed by atoms with Crippen molar-refractivity contribution in [3.05, 3.63) is 59.7 Å². The van der Waals surface area contributed by atoms with Crippen LogP contribution >= 0.6 is 0 Å². The fourth-order valence-electron chi connectivity index (χ4n) is 3.26. The van der Waals surface area contributed by atoms with Gasteiger partial charge in [-0.15, -0.1) is 0 Å². The van der Waals surface area contributed by atoms with Crippen molar-refractivity contribution >= 4 is 33.2 Å². The van der Waals surface area contributed by atoms with Gasteiger partial charge in [-0.2, -0.15) is 0 Å². The summed E-state index contributed by atoms with van der Waals surface area (Å²) in [7, 11) is 0. The summed E-state index contributed by atoms with van der Waals surface area (Å²) in [6.07, 6.45) is 2.15. The van der Waals surface area contributed by atoms with Crippen LogP contribution in [0.1, 0.15) is 25.0 Å². The van der Waals surface area contributed by atoms with E-state index in [4.69, 9.17) is 0 Å². The Hall–Kier alpha value is -2.12. The zero-order valence-electron chi connectivity index (χ0n) is 11.6. The van der Waals surface area contributed by atoms with E-state index in [9.17, 15) is 5.11 Å². The van der Waals surface area contributed by atoms with Crippen LogP contribution in [-0.2, 0) is 0 Å². The average molecular weight is 260 g/mol. The molecule has 0 radical (unpaired) electrons. The van der Waals surface area contributed by atoms with Gasteiger partial charge in [0.05, 0.1) is 5.60 Å². The molecule has 1 aliphatic carbocycles. The normalized spacial score (nSPS) is 14.1. The molecule has 0 amide bonds. The highest BCUT2D eigenvalue weighted by atomic mass is 16.3. The molecule has 0 heterocycles. The molecule has 0 aliphatic heterocycles. The van der Waals surface area contributed by atoms with Gasteiger partial charge in [-0.1, -0.05) is 42.5 Å². The van der Waals surface area contributed by atoms with E-state index in [-0.39, 0.29) is 0 Å². The largest absolute Gasteiger partial charge is 0.386 e. The summed E-state index contributed by atoms with van der Waals surface area (Å²) in [5.41, 5.74) is 2.59. The number of benzene rings is 3. The Kier molecular flexibility index (Phi) is 2.17. The molecule has 0 spiro atoms. The lowest BCUT2D eigenvalue weighted by molar-refractivity contribution is 0.144. The minimum Gasteiger partial charge on any atom is -0.386 e. The summed E-state index contributed by atoms with van der Waals surface area (Å²) in [5.74, 6) is 0. The molecule has 0 fully saturated rings. The maximum absolute atomic E-state index is 10.4. The highest BCUT2D eigenvalue weighted by Gasteiger charge is 2.28. The third-order valence-corrected chi connectivity index (χ3v) is 4.17. The fourth-order valence-corrected chi connectivity index (χ4v) is 3.26. The SMILES string of the molecule is CC(C)(O)C1=Cc2c3ccccc3cc3cccc1c23. The second-order valence-corrected chi connectivity index (χ2v) is 6.03. The molecule has 4 rings (SSSR count). The molecule has 20 heavy (non-hydrogen) atoms. The van der Waals surface area contributed by atoms with Gasteiger partial charge in [0.1, 0.15) is 0 Å². The van der Waals surface area contributed by atoms with Crippen molar-refractivity contribution in [2.75, 3.05) is 0 Å². The molecule has 3 aromatic carbocycles. The van der Waals surface area contributed by atoms with E-state index in [1.165, 1.54) is 27.1 Å². The predicted octanol–water partition coefficient (Wildman–Crippen LogP) is 4.62. The van der Waals surface area contributed by atoms with Gasteiger partial charge in [0.2, 0.25) is 0 Å². The Bertz CT molecular complexity index is 879. The van der Waals surface area contributed by atoms with Crippen LogP contribution in [0.2, 0.25) is 0 Å². The third kappa shape index (κ3) is 1.47. The van der Waals surface area contributed by atoms with Crippen LogP contribution in [0.4, 0.5) is 0 Å². The molecule has 0 atom stereocenters. The number of fused-ring (bicyclic) bond motifs is 2. The van der Waals surface area contributed by atoms with E-state index in [0.717, 1.165) is 11.1 Å². The van der Waals surface area contributed by atoms with Gasteiger partial charge >= 0.3 is 0 Å². The highest BCUT2D eigenvalue weighted by Crippen LogP contribution is 2.44. The Morgan fingerprint density at radius 3 is 2.45 bits per heavy atom. The van der Waals surface area contributed by atoms with Crippen molar-refractivity contribution in [3.63, 3.8) is 0 Å². The van der Waals surface area contributed by atoms with Crippen molar-refractivity contribution in [1.29, 1.82) is 0 Å².